The lowest BCUT2D eigenvalue weighted by molar-refractivity contribution is 0.234. The summed E-state index contributed by atoms with van der Waals surface area (Å²) in [6.45, 7) is 5.55. The van der Waals surface area contributed by atoms with E-state index in [2.05, 4.69) is 38.1 Å². The van der Waals surface area contributed by atoms with Gasteiger partial charge in [0, 0.05) is 0 Å². The molecule has 1 aromatic carbocycles. The number of rotatable bonds is 9. The van der Waals surface area contributed by atoms with Gasteiger partial charge in [0.2, 0.25) is 0 Å². The van der Waals surface area contributed by atoms with Crippen LogP contribution in [0.5, 0.6) is 5.75 Å². The molecule has 0 unspecified atom stereocenters. The van der Waals surface area contributed by atoms with Crippen molar-refractivity contribution < 1.29 is 4.74 Å². The van der Waals surface area contributed by atoms with Crippen LogP contribution in [0, 0.1) is 17.8 Å². The molecule has 0 aliphatic heterocycles. The highest BCUT2D eigenvalue weighted by Gasteiger charge is 2.22. The molecule has 1 aromatic rings. The van der Waals surface area contributed by atoms with Crippen LogP contribution in [0.1, 0.15) is 109 Å². The van der Waals surface area contributed by atoms with E-state index < -0.39 is 0 Å². The monoisotopic (exact) mass is 370 g/mol. The average Bonchev–Trinajstić information content (AvgIpc) is 2.73. The molecule has 0 radical (unpaired) electrons. The maximum absolute atomic E-state index is 6.03. The summed E-state index contributed by atoms with van der Waals surface area (Å²) in [7, 11) is 0. The number of hydrogen-bond donors (Lipinski definition) is 0. The third kappa shape index (κ3) is 6.54. The molecular formula is C26H42O. The van der Waals surface area contributed by atoms with Crippen molar-refractivity contribution in [3.63, 3.8) is 0 Å². The summed E-state index contributed by atoms with van der Waals surface area (Å²) in [5.74, 6) is 4.81. The maximum atomic E-state index is 6.03. The van der Waals surface area contributed by atoms with Gasteiger partial charge < -0.3 is 4.74 Å². The molecule has 0 bridgehead atoms. The van der Waals surface area contributed by atoms with Crippen LogP contribution in [0.15, 0.2) is 24.3 Å². The average molecular weight is 371 g/mol. The molecule has 2 fully saturated rings. The quantitative estimate of drug-likeness (QED) is 0.399. The lowest BCUT2D eigenvalue weighted by Crippen LogP contribution is -2.14. The van der Waals surface area contributed by atoms with Crippen LogP contribution in [0.4, 0.5) is 0 Å². The Kier molecular flexibility index (Phi) is 8.55. The topological polar surface area (TPSA) is 9.23 Å². The number of ether oxygens (including phenoxy) is 1. The Hall–Kier alpha value is -0.980. The first kappa shape index (κ1) is 20.7. The SMILES string of the molecule is CCC[C@H]1CC[C@H](c2ccc(OCCC[C@H]3CC[C@H](CC)CC3)cc2)CC1. The smallest absolute Gasteiger partial charge is 0.119 e. The molecule has 0 amide bonds. The first-order valence-electron chi connectivity index (χ1n) is 12.0. The lowest BCUT2D eigenvalue weighted by Gasteiger charge is -2.28. The Morgan fingerprint density at radius 2 is 1.33 bits per heavy atom. The van der Waals surface area contributed by atoms with Crippen molar-refractivity contribution in [1.82, 2.24) is 0 Å². The van der Waals surface area contributed by atoms with E-state index in [4.69, 9.17) is 4.74 Å². The van der Waals surface area contributed by atoms with Gasteiger partial charge in [-0.2, -0.15) is 0 Å². The molecular weight excluding hydrogens is 328 g/mol. The summed E-state index contributed by atoms with van der Waals surface area (Å²) in [5.41, 5.74) is 1.53. The Balaban J connectivity index is 1.32. The van der Waals surface area contributed by atoms with Crippen molar-refractivity contribution >= 4 is 0 Å². The van der Waals surface area contributed by atoms with E-state index >= 15 is 0 Å². The lowest BCUT2D eigenvalue weighted by atomic mass is 9.77. The highest BCUT2D eigenvalue weighted by Crippen LogP contribution is 2.38. The van der Waals surface area contributed by atoms with Gasteiger partial charge in [-0.15, -0.1) is 0 Å². The predicted molar refractivity (Wildman–Crippen MR) is 117 cm³/mol. The maximum Gasteiger partial charge on any atom is 0.119 e. The molecule has 1 heteroatoms. The molecule has 0 heterocycles. The van der Waals surface area contributed by atoms with Gasteiger partial charge >= 0.3 is 0 Å². The molecule has 27 heavy (non-hydrogen) atoms. The van der Waals surface area contributed by atoms with Crippen LogP contribution < -0.4 is 4.74 Å². The zero-order chi connectivity index (χ0) is 18.9. The Morgan fingerprint density at radius 3 is 1.96 bits per heavy atom. The zero-order valence-corrected chi connectivity index (χ0v) is 17.9. The molecule has 152 valence electrons. The van der Waals surface area contributed by atoms with Gasteiger partial charge in [-0.25, -0.2) is 0 Å². The van der Waals surface area contributed by atoms with E-state index in [9.17, 15) is 0 Å². The largest absolute Gasteiger partial charge is 0.494 e. The molecule has 2 aliphatic carbocycles. The van der Waals surface area contributed by atoms with Gasteiger partial charge in [-0.1, -0.05) is 70.9 Å². The van der Waals surface area contributed by atoms with Crippen molar-refractivity contribution in [3.8, 4) is 5.75 Å². The summed E-state index contributed by atoms with van der Waals surface area (Å²) < 4.78 is 6.03. The Morgan fingerprint density at radius 1 is 0.741 bits per heavy atom. The molecule has 1 nitrogen and oxygen atoms in total. The number of benzene rings is 1. The van der Waals surface area contributed by atoms with Gasteiger partial charge in [0.15, 0.2) is 0 Å². The standard InChI is InChI=1S/C26H42O/c1-3-6-22-12-14-24(15-13-22)25-16-18-26(19-17-25)27-20-5-7-23-10-8-21(4-2)9-11-23/h16-19,21-24H,3-15,20H2,1-2H3/t21-,22-,23-,24-. The van der Waals surface area contributed by atoms with Crippen molar-refractivity contribution in [3.05, 3.63) is 29.8 Å². The molecule has 0 spiro atoms. The van der Waals surface area contributed by atoms with Crippen LogP contribution in [0.3, 0.4) is 0 Å². The van der Waals surface area contributed by atoms with E-state index in [1.165, 1.54) is 89.0 Å². The van der Waals surface area contributed by atoms with Crippen LogP contribution in [-0.2, 0) is 0 Å². The van der Waals surface area contributed by atoms with Gasteiger partial charge in [-0.3, -0.25) is 0 Å². The highest BCUT2D eigenvalue weighted by molar-refractivity contribution is 5.29. The summed E-state index contributed by atoms with van der Waals surface area (Å²) >= 11 is 0. The van der Waals surface area contributed by atoms with E-state index in [0.717, 1.165) is 36.0 Å². The van der Waals surface area contributed by atoms with Crippen LogP contribution in [0.25, 0.3) is 0 Å². The minimum Gasteiger partial charge on any atom is -0.494 e. The molecule has 3 rings (SSSR count). The Labute approximate surface area is 168 Å². The van der Waals surface area contributed by atoms with Crippen molar-refractivity contribution in [2.45, 2.75) is 103 Å². The second-order valence-electron chi connectivity index (χ2n) is 9.36. The second kappa shape index (κ2) is 11.1. The van der Waals surface area contributed by atoms with Crippen LogP contribution in [-0.4, -0.2) is 6.61 Å². The normalized spacial score (nSPS) is 28.8. The van der Waals surface area contributed by atoms with Crippen molar-refractivity contribution in [1.29, 1.82) is 0 Å². The van der Waals surface area contributed by atoms with Crippen molar-refractivity contribution in [2.75, 3.05) is 6.61 Å². The number of hydrogen-bond acceptors (Lipinski definition) is 1. The van der Waals surface area contributed by atoms with Gasteiger partial charge in [-0.05, 0) is 79.9 Å². The van der Waals surface area contributed by atoms with E-state index in [1.54, 1.807) is 0 Å². The summed E-state index contributed by atoms with van der Waals surface area (Å²) in [5, 5.41) is 0. The first-order chi connectivity index (χ1) is 13.3. The minimum absolute atomic E-state index is 0.783. The van der Waals surface area contributed by atoms with E-state index in [-0.39, 0.29) is 0 Å². The third-order valence-corrected chi connectivity index (χ3v) is 7.46. The van der Waals surface area contributed by atoms with E-state index in [1.807, 2.05) is 0 Å². The van der Waals surface area contributed by atoms with Gasteiger partial charge in [0.25, 0.3) is 0 Å². The zero-order valence-electron chi connectivity index (χ0n) is 17.9. The molecule has 2 aliphatic rings. The first-order valence-corrected chi connectivity index (χ1v) is 12.0. The third-order valence-electron chi connectivity index (χ3n) is 7.46. The van der Waals surface area contributed by atoms with Crippen molar-refractivity contribution in [2.24, 2.45) is 17.8 Å². The summed E-state index contributed by atoms with van der Waals surface area (Å²) in [6, 6.07) is 9.07. The predicted octanol–water partition coefficient (Wildman–Crippen LogP) is 8.14. The highest BCUT2D eigenvalue weighted by atomic mass is 16.5. The fourth-order valence-electron chi connectivity index (χ4n) is 5.52. The second-order valence-corrected chi connectivity index (χ2v) is 9.36. The fourth-order valence-corrected chi connectivity index (χ4v) is 5.52. The molecule has 0 aromatic heterocycles. The molecule has 0 atom stereocenters. The van der Waals surface area contributed by atoms with Crippen LogP contribution >= 0.6 is 0 Å². The molecule has 2 saturated carbocycles. The Bertz CT molecular complexity index is 504. The fraction of sp³-hybridized carbons (Fsp3) is 0.769. The van der Waals surface area contributed by atoms with Crippen LogP contribution in [0.2, 0.25) is 0 Å². The van der Waals surface area contributed by atoms with Gasteiger partial charge in [0.05, 0.1) is 6.61 Å². The molecule has 0 saturated heterocycles. The van der Waals surface area contributed by atoms with Gasteiger partial charge in [0.1, 0.15) is 5.75 Å². The van der Waals surface area contributed by atoms with E-state index in [0.29, 0.717) is 0 Å². The minimum atomic E-state index is 0.783. The summed E-state index contributed by atoms with van der Waals surface area (Å²) in [4.78, 5) is 0. The summed E-state index contributed by atoms with van der Waals surface area (Å²) in [6.07, 6.45) is 18.2. The molecule has 0 N–H and O–H groups in total.